The first-order valence-electron chi connectivity index (χ1n) is 6.43. The Hall–Kier alpha value is -2.49. The van der Waals surface area contributed by atoms with E-state index in [1.807, 2.05) is 47.1 Å². The van der Waals surface area contributed by atoms with Gasteiger partial charge in [-0.15, -0.1) is 0 Å². The highest BCUT2D eigenvalue weighted by Gasteiger charge is 2.04. The fraction of sp³-hybridized carbons (Fsp3) is 0.188. The topological polar surface area (TPSA) is 35.8 Å². The van der Waals surface area contributed by atoms with Gasteiger partial charge in [0.25, 0.3) is 0 Å². The number of ether oxygens (including phenoxy) is 2. The van der Waals surface area contributed by atoms with E-state index in [0.29, 0.717) is 0 Å². The molecular formula is C16H16N2O2. The predicted octanol–water partition coefficient (Wildman–Crippen LogP) is 2.94. The van der Waals surface area contributed by atoms with Crippen LogP contribution in [0.1, 0.15) is 11.3 Å². The molecular weight excluding hydrogens is 252 g/mol. The predicted molar refractivity (Wildman–Crippen MR) is 77.5 cm³/mol. The lowest BCUT2D eigenvalue weighted by atomic mass is 10.1. The number of rotatable bonds is 4. The van der Waals surface area contributed by atoms with Gasteiger partial charge in [0, 0.05) is 12.6 Å². The van der Waals surface area contributed by atoms with Gasteiger partial charge in [-0.25, -0.2) is 4.98 Å². The summed E-state index contributed by atoms with van der Waals surface area (Å²) < 4.78 is 12.4. The second kappa shape index (κ2) is 5.25. The van der Waals surface area contributed by atoms with Gasteiger partial charge in [-0.2, -0.15) is 0 Å². The van der Waals surface area contributed by atoms with Crippen LogP contribution in [-0.2, 0) is 6.42 Å². The lowest BCUT2D eigenvalue weighted by Crippen LogP contribution is -1.89. The van der Waals surface area contributed by atoms with Crippen molar-refractivity contribution in [3.05, 3.63) is 60.0 Å². The number of benzene rings is 1. The molecule has 0 aliphatic heterocycles. The Kier molecular flexibility index (Phi) is 3.29. The van der Waals surface area contributed by atoms with E-state index in [1.165, 1.54) is 5.56 Å². The highest BCUT2D eigenvalue weighted by molar-refractivity contribution is 5.44. The molecule has 20 heavy (non-hydrogen) atoms. The van der Waals surface area contributed by atoms with Crippen molar-refractivity contribution in [2.45, 2.75) is 6.42 Å². The Balaban J connectivity index is 1.90. The fourth-order valence-electron chi connectivity index (χ4n) is 2.22. The Labute approximate surface area is 117 Å². The van der Waals surface area contributed by atoms with Crippen molar-refractivity contribution < 1.29 is 9.47 Å². The minimum Gasteiger partial charge on any atom is -0.497 e. The van der Waals surface area contributed by atoms with Crippen LogP contribution in [0, 0.1) is 0 Å². The van der Waals surface area contributed by atoms with E-state index >= 15 is 0 Å². The van der Waals surface area contributed by atoms with Crippen molar-refractivity contribution in [1.82, 2.24) is 9.38 Å². The van der Waals surface area contributed by atoms with E-state index in [-0.39, 0.29) is 0 Å². The number of pyridine rings is 1. The normalized spacial score (nSPS) is 10.7. The van der Waals surface area contributed by atoms with Gasteiger partial charge in [0.15, 0.2) is 0 Å². The highest BCUT2D eigenvalue weighted by atomic mass is 16.5. The Morgan fingerprint density at radius 2 is 1.85 bits per heavy atom. The van der Waals surface area contributed by atoms with E-state index in [4.69, 9.17) is 9.47 Å². The van der Waals surface area contributed by atoms with Crippen LogP contribution < -0.4 is 9.47 Å². The van der Waals surface area contributed by atoms with E-state index in [9.17, 15) is 0 Å². The average Bonchev–Trinajstić information content (AvgIpc) is 2.88. The third-order valence-corrected chi connectivity index (χ3v) is 3.23. The van der Waals surface area contributed by atoms with Crippen LogP contribution in [0.2, 0.25) is 0 Å². The number of aromatic nitrogens is 2. The van der Waals surface area contributed by atoms with E-state index in [1.54, 1.807) is 14.2 Å². The molecule has 0 aliphatic rings. The smallest absolute Gasteiger partial charge is 0.137 e. The zero-order valence-electron chi connectivity index (χ0n) is 11.5. The number of hydrogen-bond donors (Lipinski definition) is 0. The van der Waals surface area contributed by atoms with Crippen molar-refractivity contribution in [1.29, 1.82) is 0 Å². The van der Waals surface area contributed by atoms with Gasteiger partial charge in [0.05, 0.1) is 26.1 Å². The molecule has 0 saturated carbocycles. The summed E-state index contributed by atoms with van der Waals surface area (Å²) in [4.78, 5) is 4.61. The summed E-state index contributed by atoms with van der Waals surface area (Å²) in [7, 11) is 3.34. The quantitative estimate of drug-likeness (QED) is 0.730. The summed E-state index contributed by atoms with van der Waals surface area (Å²) in [6.07, 6.45) is 4.73. The summed E-state index contributed by atoms with van der Waals surface area (Å²) in [5.74, 6) is 1.69. The van der Waals surface area contributed by atoms with Crippen LogP contribution >= 0.6 is 0 Å². The van der Waals surface area contributed by atoms with Crippen molar-refractivity contribution in [3.8, 4) is 11.5 Å². The molecule has 0 N–H and O–H groups in total. The number of fused-ring (bicyclic) bond motifs is 1. The minimum atomic E-state index is 0.779. The van der Waals surface area contributed by atoms with Gasteiger partial charge in [-0.05, 0) is 29.8 Å². The van der Waals surface area contributed by atoms with Crippen LogP contribution in [0.4, 0.5) is 0 Å². The van der Waals surface area contributed by atoms with Crippen LogP contribution in [0.3, 0.4) is 0 Å². The summed E-state index contributed by atoms with van der Waals surface area (Å²) in [6.45, 7) is 0. The minimum absolute atomic E-state index is 0.779. The summed E-state index contributed by atoms with van der Waals surface area (Å²) in [6, 6.07) is 11.9. The molecule has 0 spiro atoms. The zero-order valence-corrected chi connectivity index (χ0v) is 11.5. The van der Waals surface area contributed by atoms with Crippen LogP contribution in [0.5, 0.6) is 11.5 Å². The molecule has 0 atom stereocenters. The number of hydrogen-bond acceptors (Lipinski definition) is 3. The van der Waals surface area contributed by atoms with Crippen molar-refractivity contribution in [3.63, 3.8) is 0 Å². The van der Waals surface area contributed by atoms with Gasteiger partial charge in [0.2, 0.25) is 0 Å². The van der Waals surface area contributed by atoms with Crippen molar-refractivity contribution in [2.24, 2.45) is 0 Å². The molecule has 0 saturated heterocycles. The van der Waals surface area contributed by atoms with Crippen LogP contribution in [-0.4, -0.2) is 23.6 Å². The molecule has 4 heteroatoms. The largest absolute Gasteiger partial charge is 0.497 e. The lowest BCUT2D eigenvalue weighted by Gasteiger charge is -2.02. The fourth-order valence-corrected chi connectivity index (χ4v) is 2.22. The highest BCUT2D eigenvalue weighted by Crippen LogP contribution is 2.18. The average molecular weight is 268 g/mol. The molecule has 0 bridgehead atoms. The van der Waals surface area contributed by atoms with Gasteiger partial charge in [-0.3, -0.25) is 0 Å². The number of methoxy groups -OCH3 is 2. The molecule has 2 heterocycles. The summed E-state index contributed by atoms with van der Waals surface area (Å²) in [5, 5.41) is 0. The molecule has 2 aromatic heterocycles. The monoisotopic (exact) mass is 268 g/mol. The molecule has 0 amide bonds. The lowest BCUT2D eigenvalue weighted by molar-refractivity contribution is 0.412. The standard InChI is InChI=1S/C16H16N2O2/c1-19-14-5-3-4-12(9-14)8-13-10-18-11-15(20-2)6-7-16(18)17-13/h3-7,9-11H,8H2,1-2H3. The van der Waals surface area contributed by atoms with E-state index < -0.39 is 0 Å². The third kappa shape index (κ3) is 2.45. The second-order valence-corrected chi connectivity index (χ2v) is 4.59. The van der Waals surface area contributed by atoms with Gasteiger partial charge in [-0.1, -0.05) is 12.1 Å². The number of nitrogens with zero attached hydrogens (tertiary/aromatic N) is 2. The Morgan fingerprint density at radius 3 is 2.65 bits per heavy atom. The first-order valence-corrected chi connectivity index (χ1v) is 6.43. The first kappa shape index (κ1) is 12.5. The molecule has 3 rings (SSSR count). The molecule has 4 nitrogen and oxygen atoms in total. The summed E-state index contributed by atoms with van der Waals surface area (Å²) in [5.41, 5.74) is 3.12. The Morgan fingerprint density at radius 1 is 1.00 bits per heavy atom. The summed E-state index contributed by atoms with van der Waals surface area (Å²) >= 11 is 0. The molecule has 102 valence electrons. The van der Waals surface area contributed by atoms with Gasteiger partial charge < -0.3 is 13.9 Å². The maximum absolute atomic E-state index is 5.24. The van der Waals surface area contributed by atoms with Crippen LogP contribution in [0.15, 0.2) is 48.8 Å². The molecule has 0 radical (unpaired) electrons. The first-order chi connectivity index (χ1) is 9.78. The third-order valence-electron chi connectivity index (χ3n) is 3.23. The molecule has 3 aromatic rings. The second-order valence-electron chi connectivity index (χ2n) is 4.59. The maximum Gasteiger partial charge on any atom is 0.137 e. The van der Waals surface area contributed by atoms with Crippen molar-refractivity contribution in [2.75, 3.05) is 14.2 Å². The van der Waals surface area contributed by atoms with E-state index in [0.717, 1.165) is 29.3 Å². The molecule has 0 fully saturated rings. The van der Waals surface area contributed by atoms with Crippen molar-refractivity contribution >= 4 is 5.65 Å². The zero-order chi connectivity index (χ0) is 13.9. The maximum atomic E-state index is 5.24. The SMILES string of the molecule is COc1cccc(Cc2cn3cc(OC)ccc3n2)c1. The Bertz CT molecular complexity index is 734. The van der Waals surface area contributed by atoms with E-state index in [2.05, 4.69) is 11.1 Å². The molecule has 0 unspecified atom stereocenters. The van der Waals surface area contributed by atoms with Crippen LogP contribution in [0.25, 0.3) is 5.65 Å². The number of imidazole rings is 1. The molecule has 0 aliphatic carbocycles. The van der Waals surface area contributed by atoms with Gasteiger partial charge in [0.1, 0.15) is 17.1 Å². The van der Waals surface area contributed by atoms with Gasteiger partial charge >= 0.3 is 0 Å². The molecule has 1 aromatic carbocycles.